The van der Waals surface area contributed by atoms with Gasteiger partial charge < -0.3 is 16.2 Å². The minimum atomic E-state index is -4.99. The highest BCUT2D eigenvalue weighted by Crippen LogP contribution is 2.29. The summed E-state index contributed by atoms with van der Waals surface area (Å²) in [5, 5.41) is 0. The molecule has 78 valence electrons. The molecule has 0 unspecified atom stereocenters. The van der Waals surface area contributed by atoms with Crippen molar-refractivity contribution in [3.05, 3.63) is 12.0 Å². The fraction of sp³-hybridized carbons (Fsp3) is 0.167. The number of nitrogens with two attached hydrogens (primary N) is 2. The molecule has 0 atom stereocenters. The molecule has 1 aromatic rings. The second-order valence-electron chi connectivity index (χ2n) is 2.28. The number of nitrogen functional groups attached to an aromatic ring is 2. The maximum absolute atomic E-state index is 12.9. The second-order valence-corrected chi connectivity index (χ2v) is 2.28. The van der Waals surface area contributed by atoms with Crippen LogP contribution in [0.1, 0.15) is 0 Å². The molecule has 0 saturated carbocycles. The van der Waals surface area contributed by atoms with Crippen molar-refractivity contribution in [3.8, 4) is 5.75 Å². The van der Waals surface area contributed by atoms with E-state index in [0.717, 1.165) is 0 Å². The summed E-state index contributed by atoms with van der Waals surface area (Å²) in [6.07, 6.45) is -4.49. The van der Waals surface area contributed by atoms with Crippen LogP contribution in [0.15, 0.2) is 6.20 Å². The maximum atomic E-state index is 12.9. The van der Waals surface area contributed by atoms with Gasteiger partial charge in [0.05, 0.1) is 6.20 Å². The van der Waals surface area contributed by atoms with Crippen molar-refractivity contribution in [2.24, 2.45) is 0 Å². The number of hydrogen-bond donors (Lipinski definition) is 2. The first kappa shape index (κ1) is 10.4. The summed E-state index contributed by atoms with van der Waals surface area (Å²) in [4.78, 5) is 3.21. The molecule has 8 heteroatoms. The topological polar surface area (TPSA) is 74.2 Å². The highest BCUT2D eigenvalue weighted by molar-refractivity contribution is 5.61. The van der Waals surface area contributed by atoms with Crippen molar-refractivity contribution >= 4 is 11.5 Å². The lowest BCUT2D eigenvalue weighted by atomic mass is 10.3. The van der Waals surface area contributed by atoms with E-state index < -0.39 is 29.4 Å². The van der Waals surface area contributed by atoms with E-state index in [4.69, 9.17) is 11.5 Å². The number of ether oxygens (including phenoxy) is 1. The quantitative estimate of drug-likeness (QED) is 0.686. The van der Waals surface area contributed by atoms with Crippen LogP contribution in [0.5, 0.6) is 5.75 Å². The predicted molar refractivity (Wildman–Crippen MR) is 39.7 cm³/mol. The van der Waals surface area contributed by atoms with Crippen molar-refractivity contribution in [2.75, 3.05) is 11.5 Å². The third-order valence-corrected chi connectivity index (χ3v) is 1.28. The summed E-state index contributed by atoms with van der Waals surface area (Å²) >= 11 is 0. The lowest BCUT2D eigenvalue weighted by Crippen LogP contribution is -2.18. The molecule has 1 aromatic heterocycles. The molecule has 0 aliphatic rings. The van der Waals surface area contributed by atoms with Crippen LogP contribution in [-0.4, -0.2) is 11.3 Å². The van der Waals surface area contributed by atoms with Crippen LogP contribution in [0.4, 0.5) is 29.1 Å². The molecule has 0 fully saturated rings. The molecule has 0 aliphatic carbocycles. The van der Waals surface area contributed by atoms with Gasteiger partial charge in [0.25, 0.3) is 0 Å². The highest BCUT2D eigenvalue weighted by Gasteiger charge is 2.33. The summed E-state index contributed by atoms with van der Waals surface area (Å²) in [5.41, 5.74) is 9.36. The molecule has 0 bridgehead atoms. The number of hydrogen-bond acceptors (Lipinski definition) is 4. The van der Waals surface area contributed by atoms with Gasteiger partial charge >= 0.3 is 6.36 Å². The Bertz CT molecular complexity index is 352. The van der Waals surface area contributed by atoms with E-state index in [1.807, 2.05) is 0 Å². The predicted octanol–water partition coefficient (Wildman–Crippen LogP) is 1.28. The average molecular weight is 211 g/mol. The van der Waals surface area contributed by atoms with Gasteiger partial charge in [-0.1, -0.05) is 0 Å². The number of aromatic nitrogens is 1. The van der Waals surface area contributed by atoms with Crippen LogP contribution < -0.4 is 16.2 Å². The Labute approximate surface area is 75.5 Å². The van der Waals surface area contributed by atoms with Crippen LogP contribution in [0, 0.1) is 5.82 Å². The Balaban J connectivity index is 3.06. The number of anilines is 2. The van der Waals surface area contributed by atoms with Crippen molar-refractivity contribution < 1.29 is 22.3 Å². The van der Waals surface area contributed by atoms with Gasteiger partial charge in [0.15, 0.2) is 11.6 Å². The van der Waals surface area contributed by atoms with Crippen LogP contribution in [0.25, 0.3) is 0 Å². The zero-order valence-corrected chi connectivity index (χ0v) is 6.60. The number of rotatable bonds is 1. The van der Waals surface area contributed by atoms with E-state index in [-0.39, 0.29) is 0 Å². The minimum Gasteiger partial charge on any atom is -0.401 e. The van der Waals surface area contributed by atoms with Crippen LogP contribution in [-0.2, 0) is 0 Å². The zero-order valence-electron chi connectivity index (χ0n) is 6.60. The fourth-order valence-corrected chi connectivity index (χ4v) is 0.695. The molecular formula is C6H5F4N3O. The summed E-state index contributed by atoms with van der Waals surface area (Å²) in [7, 11) is 0. The van der Waals surface area contributed by atoms with Crippen molar-refractivity contribution in [2.45, 2.75) is 6.36 Å². The van der Waals surface area contributed by atoms with E-state index in [2.05, 4.69) is 9.72 Å². The monoisotopic (exact) mass is 211 g/mol. The SMILES string of the molecule is Nc1ncc(OC(F)(F)F)c(F)c1N. The normalized spacial score (nSPS) is 11.4. The maximum Gasteiger partial charge on any atom is 0.573 e. The standard InChI is InChI=1S/C6H5F4N3O/c7-3-2(14-6(8,9)10)1-13-5(12)4(3)11/h1H,11H2,(H2,12,13). The number of alkyl halides is 3. The summed E-state index contributed by atoms with van der Waals surface area (Å²) in [6, 6.07) is 0. The van der Waals surface area contributed by atoms with E-state index in [1.54, 1.807) is 0 Å². The molecule has 1 rings (SSSR count). The first-order valence-corrected chi connectivity index (χ1v) is 3.26. The van der Waals surface area contributed by atoms with E-state index in [0.29, 0.717) is 6.20 Å². The molecular weight excluding hydrogens is 206 g/mol. The lowest BCUT2D eigenvalue weighted by molar-refractivity contribution is -0.275. The second kappa shape index (κ2) is 3.20. The molecule has 1 heterocycles. The Hall–Kier alpha value is -1.73. The van der Waals surface area contributed by atoms with Crippen molar-refractivity contribution in [3.63, 3.8) is 0 Å². The zero-order chi connectivity index (χ0) is 10.9. The van der Waals surface area contributed by atoms with E-state index >= 15 is 0 Å². The number of nitrogens with zero attached hydrogens (tertiary/aromatic N) is 1. The average Bonchev–Trinajstić information content (AvgIpc) is 2.04. The molecule has 0 saturated heterocycles. The summed E-state index contributed by atoms with van der Waals surface area (Å²) in [5.74, 6) is -2.88. The fourth-order valence-electron chi connectivity index (χ4n) is 0.695. The molecule has 14 heavy (non-hydrogen) atoms. The molecule has 0 aromatic carbocycles. The van der Waals surface area contributed by atoms with E-state index in [1.165, 1.54) is 0 Å². The summed E-state index contributed by atoms with van der Waals surface area (Å²) < 4.78 is 51.2. The van der Waals surface area contributed by atoms with Gasteiger partial charge in [-0.15, -0.1) is 13.2 Å². The first-order valence-electron chi connectivity index (χ1n) is 3.26. The van der Waals surface area contributed by atoms with Crippen LogP contribution in [0.2, 0.25) is 0 Å². The largest absolute Gasteiger partial charge is 0.573 e. The number of pyridine rings is 1. The Morgan fingerprint density at radius 3 is 2.36 bits per heavy atom. The molecule has 0 spiro atoms. The molecule has 4 N–H and O–H groups in total. The summed E-state index contributed by atoms with van der Waals surface area (Å²) in [6.45, 7) is 0. The highest BCUT2D eigenvalue weighted by atomic mass is 19.4. The molecule has 4 nitrogen and oxygen atoms in total. The van der Waals surface area contributed by atoms with Gasteiger partial charge in [0.1, 0.15) is 11.5 Å². The number of halogens is 4. The Morgan fingerprint density at radius 1 is 1.29 bits per heavy atom. The van der Waals surface area contributed by atoms with Gasteiger partial charge in [-0.05, 0) is 0 Å². The lowest BCUT2D eigenvalue weighted by Gasteiger charge is -2.10. The van der Waals surface area contributed by atoms with Gasteiger partial charge in [0.2, 0.25) is 0 Å². The van der Waals surface area contributed by atoms with Gasteiger partial charge in [0, 0.05) is 0 Å². The van der Waals surface area contributed by atoms with Crippen LogP contribution in [0.3, 0.4) is 0 Å². The third kappa shape index (κ3) is 2.15. The molecule has 0 aliphatic heterocycles. The van der Waals surface area contributed by atoms with E-state index in [9.17, 15) is 17.6 Å². The van der Waals surface area contributed by atoms with Crippen LogP contribution >= 0.6 is 0 Å². The Kier molecular flexibility index (Phi) is 2.37. The van der Waals surface area contributed by atoms with Crippen molar-refractivity contribution in [1.82, 2.24) is 4.98 Å². The van der Waals surface area contributed by atoms with Crippen molar-refractivity contribution in [1.29, 1.82) is 0 Å². The Morgan fingerprint density at radius 2 is 1.86 bits per heavy atom. The minimum absolute atomic E-state index is 0.392. The molecule has 0 radical (unpaired) electrons. The third-order valence-electron chi connectivity index (χ3n) is 1.28. The van der Waals surface area contributed by atoms with Gasteiger partial charge in [-0.3, -0.25) is 0 Å². The van der Waals surface area contributed by atoms with Gasteiger partial charge in [-0.2, -0.15) is 0 Å². The molecule has 0 amide bonds. The smallest absolute Gasteiger partial charge is 0.401 e. The van der Waals surface area contributed by atoms with Gasteiger partial charge in [-0.25, -0.2) is 9.37 Å². The first-order chi connectivity index (χ1) is 6.31.